The van der Waals surface area contributed by atoms with Gasteiger partial charge in [0.05, 0.1) is 6.10 Å². The van der Waals surface area contributed by atoms with E-state index in [1.54, 1.807) is 0 Å². The first-order valence-electron chi connectivity index (χ1n) is 7.87. The lowest BCUT2D eigenvalue weighted by Gasteiger charge is -2.33. The van der Waals surface area contributed by atoms with Crippen molar-refractivity contribution in [1.29, 1.82) is 0 Å². The molecule has 0 heterocycles. The molecule has 1 aromatic rings. The van der Waals surface area contributed by atoms with Gasteiger partial charge in [-0.25, -0.2) is 13.2 Å². The van der Waals surface area contributed by atoms with Gasteiger partial charge in [-0.05, 0) is 48.6 Å². The number of rotatable bonds is 2. The zero-order chi connectivity index (χ0) is 15.1. The molecule has 1 saturated carbocycles. The number of benzene rings is 1. The number of hydrogen-bond acceptors (Lipinski definition) is 1. The van der Waals surface area contributed by atoms with Crippen molar-refractivity contribution in [2.75, 3.05) is 0 Å². The quantitative estimate of drug-likeness (QED) is 0.796. The second kappa shape index (κ2) is 5.64. The van der Waals surface area contributed by atoms with E-state index < -0.39 is 23.6 Å². The summed E-state index contributed by atoms with van der Waals surface area (Å²) in [7, 11) is 0. The summed E-state index contributed by atoms with van der Waals surface area (Å²) >= 11 is 0. The highest BCUT2D eigenvalue weighted by Crippen LogP contribution is 2.47. The van der Waals surface area contributed by atoms with Crippen molar-refractivity contribution in [3.8, 4) is 0 Å². The largest absolute Gasteiger partial charge is 0.388 e. The van der Waals surface area contributed by atoms with Crippen molar-refractivity contribution in [3.05, 3.63) is 34.6 Å². The molecular weight excluding hydrogens is 277 g/mol. The van der Waals surface area contributed by atoms with Gasteiger partial charge in [0.2, 0.25) is 0 Å². The van der Waals surface area contributed by atoms with Crippen molar-refractivity contribution >= 4 is 0 Å². The monoisotopic (exact) mass is 298 g/mol. The van der Waals surface area contributed by atoms with Crippen LogP contribution in [0.5, 0.6) is 0 Å². The van der Waals surface area contributed by atoms with E-state index in [-0.39, 0.29) is 11.5 Å². The predicted octanol–water partition coefficient (Wildman–Crippen LogP) is 4.53. The summed E-state index contributed by atoms with van der Waals surface area (Å²) in [4.78, 5) is 0. The second-order valence-corrected chi connectivity index (χ2v) is 6.56. The first-order valence-corrected chi connectivity index (χ1v) is 7.87. The van der Waals surface area contributed by atoms with E-state index in [9.17, 15) is 18.3 Å². The lowest BCUT2D eigenvalue weighted by molar-refractivity contribution is 0.0619. The minimum atomic E-state index is -1.47. The number of fused-ring (bicyclic) bond motifs is 1. The van der Waals surface area contributed by atoms with Crippen LogP contribution in [-0.2, 0) is 6.42 Å². The van der Waals surface area contributed by atoms with Crippen LogP contribution < -0.4 is 0 Å². The molecule has 1 fully saturated rings. The van der Waals surface area contributed by atoms with Crippen LogP contribution in [-0.4, -0.2) is 5.11 Å². The zero-order valence-electron chi connectivity index (χ0n) is 12.2. The van der Waals surface area contributed by atoms with Gasteiger partial charge in [0.15, 0.2) is 17.5 Å². The van der Waals surface area contributed by atoms with E-state index in [1.165, 1.54) is 6.42 Å². The van der Waals surface area contributed by atoms with Crippen LogP contribution in [0.25, 0.3) is 0 Å². The lowest BCUT2D eigenvalue weighted by atomic mass is 9.73. The average Bonchev–Trinajstić information content (AvgIpc) is 2.82. The molecule has 0 saturated heterocycles. The highest BCUT2D eigenvalue weighted by atomic mass is 19.2. The highest BCUT2D eigenvalue weighted by molar-refractivity contribution is 5.37. The summed E-state index contributed by atoms with van der Waals surface area (Å²) in [6.07, 6.45) is 4.91. The molecule has 0 radical (unpaired) electrons. The van der Waals surface area contributed by atoms with E-state index in [0.717, 1.165) is 37.7 Å². The third-order valence-electron chi connectivity index (χ3n) is 5.52. The average molecular weight is 298 g/mol. The molecule has 0 aliphatic heterocycles. The number of halogens is 3. The van der Waals surface area contributed by atoms with Gasteiger partial charge in [-0.3, -0.25) is 0 Å². The van der Waals surface area contributed by atoms with Crippen LogP contribution in [0, 0.1) is 35.2 Å². The molecule has 2 aliphatic carbocycles. The van der Waals surface area contributed by atoms with Gasteiger partial charge in [0.1, 0.15) is 0 Å². The third-order valence-corrected chi connectivity index (χ3v) is 5.52. The zero-order valence-corrected chi connectivity index (χ0v) is 12.2. The summed E-state index contributed by atoms with van der Waals surface area (Å²) in [6, 6.07) is 1.05. The van der Waals surface area contributed by atoms with Gasteiger partial charge in [0, 0.05) is 5.56 Å². The van der Waals surface area contributed by atoms with Crippen LogP contribution in [0.4, 0.5) is 13.2 Å². The fourth-order valence-corrected chi connectivity index (χ4v) is 4.18. The Morgan fingerprint density at radius 2 is 1.76 bits per heavy atom. The van der Waals surface area contributed by atoms with E-state index in [2.05, 4.69) is 6.92 Å². The van der Waals surface area contributed by atoms with Crippen LogP contribution in [0.1, 0.15) is 56.3 Å². The Morgan fingerprint density at radius 1 is 1.10 bits per heavy atom. The van der Waals surface area contributed by atoms with Crippen molar-refractivity contribution in [2.24, 2.45) is 17.8 Å². The van der Waals surface area contributed by atoms with Gasteiger partial charge < -0.3 is 5.11 Å². The van der Waals surface area contributed by atoms with E-state index >= 15 is 0 Å². The van der Waals surface area contributed by atoms with Crippen LogP contribution in [0.2, 0.25) is 0 Å². The van der Waals surface area contributed by atoms with Gasteiger partial charge in [-0.2, -0.15) is 0 Å². The molecule has 21 heavy (non-hydrogen) atoms. The van der Waals surface area contributed by atoms with Crippen LogP contribution in [0.3, 0.4) is 0 Å². The van der Waals surface area contributed by atoms with Crippen LogP contribution >= 0.6 is 0 Å². The van der Waals surface area contributed by atoms with Crippen molar-refractivity contribution in [1.82, 2.24) is 0 Å². The molecule has 0 spiro atoms. The minimum Gasteiger partial charge on any atom is -0.388 e. The summed E-state index contributed by atoms with van der Waals surface area (Å²) in [5.74, 6) is -2.87. The Morgan fingerprint density at radius 3 is 2.38 bits per heavy atom. The molecular formula is C17H21F3O. The first kappa shape index (κ1) is 14.9. The summed E-state index contributed by atoms with van der Waals surface area (Å²) in [5.41, 5.74) is 0.415. The molecule has 0 amide bonds. The normalized spacial score (nSPS) is 32.2. The Hall–Kier alpha value is -1.03. The smallest absolute Gasteiger partial charge is 0.194 e. The Labute approximate surface area is 123 Å². The minimum absolute atomic E-state index is 0.0171. The fraction of sp³-hybridized carbons (Fsp3) is 0.647. The summed E-state index contributed by atoms with van der Waals surface area (Å²) in [5, 5.41) is 10.4. The van der Waals surface area contributed by atoms with Crippen molar-refractivity contribution < 1.29 is 18.3 Å². The molecule has 3 rings (SSSR count). The summed E-state index contributed by atoms with van der Waals surface area (Å²) < 4.78 is 40.6. The maximum Gasteiger partial charge on any atom is 0.194 e. The molecule has 2 atom stereocenters. The first-order chi connectivity index (χ1) is 10.0. The summed E-state index contributed by atoms with van der Waals surface area (Å²) in [6.45, 7) is 2.19. The maximum atomic E-state index is 13.9. The molecule has 4 heteroatoms. The SMILES string of the molecule is CCC1CCC(C2Cc3cc(F)c(F)c(F)c3C2O)CC1. The van der Waals surface area contributed by atoms with Crippen LogP contribution in [0.15, 0.2) is 6.07 Å². The second-order valence-electron chi connectivity index (χ2n) is 6.56. The molecule has 116 valence electrons. The fourth-order valence-electron chi connectivity index (χ4n) is 4.18. The van der Waals surface area contributed by atoms with E-state index in [4.69, 9.17) is 0 Å². The number of hydrogen-bond donors (Lipinski definition) is 1. The Bertz CT molecular complexity index is 535. The Balaban J connectivity index is 1.81. The number of aliphatic hydroxyl groups is 1. The molecule has 2 aliphatic rings. The third kappa shape index (κ3) is 2.48. The predicted molar refractivity (Wildman–Crippen MR) is 74.2 cm³/mol. The van der Waals surface area contributed by atoms with E-state index in [1.807, 2.05) is 0 Å². The van der Waals surface area contributed by atoms with Crippen molar-refractivity contribution in [2.45, 2.75) is 51.6 Å². The molecule has 1 nitrogen and oxygen atoms in total. The van der Waals surface area contributed by atoms with Gasteiger partial charge in [-0.1, -0.05) is 26.2 Å². The van der Waals surface area contributed by atoms with Gasteiger partial charge >= 0.3 is 0 Å². The lowest BCUT2D eigenvalue weighted by Crippen LogP contribution is -2.24. The molecule has 0 bridgehead atoms. The maximum absolute atomic E-state index is 13.9. The molecule has 2 unspecified atom stereocenters. The van der Waals surface area contributed by atoms with E-state index in [0.29, 0.717) is 17.9 Å². The topological polar surface area (TPSA) is 20.2 Å². The van der Waals surface area contributed by atoms with Gasteiger partial charge in [-0.15, -0.1) is 0 Å². The molecule has 1 N–H and O–H groups in total. The Kier molecular flexibility index (Phi) is 4.00. The highest BCUT2D eigenvalue weighted by Gasteiger charge is 2.40. The molecule has 0 aromatic heterocycles. The van der Waals surface area contributed by atoms with Gasteiger partial charge in [0.25, 0.3) is 0 Å². The van der Waals surface area contributed by atoms with Crippen molar-refractivity contribution in [3.63, 3.8) is 0 Å². The molecule has 1 aromatic carbocycles. The standard InChI is InChI=1S/C17H21F3O/c1-2-9-3-5-10(6-4-9)12-7-11-8-13(18)15(19)16(20)14(11)17(12)21/h8-10,12,17,21H,2-7H2,1H3. The number of aliphatic hydroxyl groups excluding tert-OH is 1.